The van der Waals surface area contributed by atoms with Gasteiger partial charge in [-0.3, -0.25) is 4.90 Å². The number of rotatable bonds is 7. The Labute approximate surface area is 148 Å². The third-order valence-corrected chi connectivity index (χ3v) is 4.45. The zero-order valence-electron chi connectivity index (χ0n) is 14.4. The van der Waals surface area contributed by atoms with E-state index < -0.39 is 6.10 Å². The Morgan fingerprint density at radius 2 is 1.64 bits per heavy atom. The van der Waals surface area contributed by atoms with Crippen molar-refractivity contribution < 1.29 is 14.2 Å². The van der Waals surface area contributed by atoms with Gasteiger partial charge in [0.1, 0.15) is 5.82 Å². The summed E-state index contributed by atoms with van der Waals surface area (Å²) < 4.78 is 18.6. The monoisotopic (exact) mass is 344 g/mol. The molecule has 4 nitrogen and oxygen atoms in total. The van der Waals surface area contributed by atoms with Gasteiger partial charge in [0.05, 0.1) is 19.3 Å². The van der Waals surface area contributed by atoms with Gasteiger partial charge in [0.2, 0.25) is 0 Å². The van der Waals surface area contributed by atoms with Crippen molar-refractivity contribution >= 4 is 5.69 Å². The molecule has 2 aromatic rings. The molecule has 1 N–H and O–H groups in total. The van der Waals surface area contributed by atoms with E-state index in [4.69, 9.17) is 4.74 Å². The van der Waals surface area contributed by atoms with Crippen molar-refractivity contribution in [3.05, 3.63) is 66.0 Å². The summed E-state index contributed by atoms with van der Waals surface area (Å²) in [5.74, 6) is -0.207. The summed E-state index contributed by atoms with van der Waals surface area (Å²) in [6, 6.07) is 16.6. The average molecular weight is 344 g/mol. The van der Waals surface area contributed by atoms with Gasteiger partial charge in [-0.25, -0.2) is 4.39 Å². The lowest BCUT2D eigenvalue weighted by Gasteiger charge is -2.36. The number of aliphatic hydroxyl groups excluding tert-OH is 1. The van der Waals surface area contributed by atoms with Gasteiger partial charge in [-0.1, -0.05) is 30.3 Å². The summed E-state index contributed by atoms with van der Waals surface area (Å²) >= 11 is 0. The fraction of sp³-hybridized carbons (Fsp3) is 0.400. The highest BCUT2D eigenvalue weighted by molar-refractivity contribution is 5.46. The zero-order chi connectivity index (χ0) is 17.5. The Morgan fingerprint density at radius 1 is 0.960 bits per heavy atom. The van der Waals surface area contributed by atoms with Crippen molar-refractivity contribution in [2.45, 2.75) is 12.7 Å². The fourth-order valence-electron chi connectivity index (χ4n) is 3.08. The van der Waals surface area contributed by atoms with E-state index in [-0.39, 0.29) is 5.82 Å². The molecule has 1 heterocycles. The first kappa shape index (κ1) is 17.9. The number of aliphatic hydroxyl groups is 1. The minimum Gasteiger partial charge on any atom is -0.389 e. The standard InChI is InChI=1S/C20H25FN2O2/c21-18-6-8-19(9-7-18)23-12-10-22(11-13-23)14-20(24)16-25-15-17-4-2-1-3-5-17/h1-9,20,24H,10-16H2/t20-/m1/s1. The largest absolute Gasteiger partial charge is 0.389 e. The van der Waals surface area contributed by atoms with Crippen LogP contribution in [0.4, 0.5) is 10.1 Å². The molecule has 2 aromatic carbocycles. The van der Waals surface area contributed by atoms with E-state index in [2.05, 4.69) is 9.80 Å². The Hall–Kier alpha value is -1.95. The van der Waals surface area contributed by atoms with E-state index >= 15 is 0 Å². The molecule has 134 valence electrons. The van der Waals surface area contributed by atoms with Crippen molar-refractivity contribution in [3.8, 4) is 0 Å². The molecule has 0 bridgehead atoms. The highest BCUT2D eigenvalue weighted by Crippen LogP contribution is 2.17. The van der Waals surface area contributed by atoms with Crippen molar-refractivity contribution in [2.75, 3.05) is 44.2 Å². The van der Waals surface area contributed by atoms with Gasteiger partial charge in [0.15, 0.2) is 0 Å². The first-order chi connectivity index (χ1) is 12.2. The molecule has 1 atom stereocenters. The lowest BCUT2D eigenvalue weighted by molar-refractivity contribution is 0.00914. The van der Waals surface area contributed by atoms with E-state index in [1.54, 1.807) is 0 Å². The summed E-state index contributed by atoms with van der Waals surface area (Å²) in [5, 5.41) is 10.2. The number of nitrogens with zero attached hydrogens (tertiary/aromatic N) is 2. The molecule has 0 saturated carbocycles. The highest BCUT2D eigenvalue weighted by atomic mass is 19.1. The van der Waals surface area contributed by atoms with Crippen LogP contribution in [-0.2, 0) is 11.3 Å². The number of halogens is 1. The molecule has 1 saturated heterocycles. The number of benzene rings is 2. The molecule has 1 aliphatic heterocycles. The maximum absolute atomic E-state index is 13.0. The normalized spacial score (nSPS) is 16.8. The van der Waals surface area contributed by atoms with Gasteiger partial charge < -0.3 is 14.7 Å². The van der Waals surface area contributed by atoms with E-state index in [1.165, 1.54) is 12.1 Å². The lowest BCUT2D eigenvalue weighted by atomic mass is 10.2. The van der Waals surface area contributed by atoms with Gasteiger partial charge in [0, 0.05) is 38.4 Å². The smallest absolute Gasteiger partial charge is 0.123 e. The maximum atomic E-state index is 13.0. The predicted octanol–water partition coefficient (Wildman–Crippen LogP) is 2.53. The van der Waals surface area contributed by atoms with Crippen molar-refractivity contribution in [3.63, 3.8) is 0 Å². The molecule has 3 rings (SSSR count). The lowest BCUT2D eigenvalue weighted by Crippen LogP contribution is -2.49. The van der Waals surface area contributed by atoms with Crippen LogP contribution in [0.5, 0.6) is 0 Å². The van der Waals surface area contributed by atoms with Crippen LogP contribution in [-0.4, -0.2) is 55.4 Å². The Balaban J connectivity index is 1.36. The van der Waals surface area contributed by atoms with Gasteiger partial charge >= 0.3 is 0 Å². The molecule has 0 unspecified atom stereocenters. The molecular weight excluding hydrogens is 319 g/mol. The number of β-amino-alcohol motifs (C(OH)–C–C–N with tert-alkyl or cyclic N) is 1. The summed E-state index contributed by atoms with van der Waals surface area (Å²) in [6.07, 6.45) is -0.485. The molecule has 0 spiro atoms. The second kappa shape index (κ2) is 8.94. The van der Waals surface area contributed by atoms with E-state index in [0.29, 0.717) is 19.8 Å². The van der Waals surface area contributed by atoms with Crippen LogP contribution in [0.25, 0.3) is 0 Å². The molecule has 25 heavy (non-hydrogen) atoms. The number of piperazine rings is 1. The first-order valence-electron chi connectivity index (χ1n) is 8.73. The van der Waals surface area contributed by atoms with Crippen molar-refractivity contribution in [2.24, 2.45) is 0 Å². The Bertz CT molecular complexity index is 628. The van der Waals surface area contributed by atoms with Crippen LogP contribution in [0.2, 0.25) is 0 Å². The number of hydrogen-bond acceptors (Lipinski definition) is 4. The SMILES string of the molecule is O[C@@H](COCc1ccccc1)CN1CCN(c2ccc(F)cc2)CC1. The molecule has 1 fully saturated rings. The molecule has 1 aliphatic rings. The molecule has 5 heteroatoms. The average Bonchev–Trinajstić information content (AvgIpc) is 2.64. The molecule has 0 aliphatic carbocycles. The Kier molecular flexibility index (Phi) is 6.39. The molecule has 0 aromatic heterocycles. The predicted molar refractivity (Wildman–Crippen MR) is 97.2 cm³/mol. The summed E-state index contributed by atoms with van der Waals surface area (Å²) in [5.41, 5.74) is 2.16. The molecule has 0 radical (unpaired) electrons. The van der Waals surface area contributed by atoms with Crippen LogP contribution in [0.15, 0.2) is 54.6 Å². The van der Waals surface area contributed by atoms with Crippen LogP contribution >= 0.6 is 0 Å². The van der Waals surface area contributed by atoms with Gasteiger partial charge in [-0.05, 0) is 29.8 Å². The minimum absolute atomic E-state index is 0.207. The van der Waals surface area contributed by atoms with E-state index in [1.807, 2.05) is 42.5 Å². The third kappa shape index (κ3) is 5.53. The zero-order valence-corrected chi connectivity index (χ0v) is 14.4. The quantitative estimate of drug-likeness (QED) is 0.837. The number of anilines is 1. The van der Waals surface area contributed by atoms with Crippen LogP contribution in [0.1, 0.15) is 5.56 Å². The minimum atomic E-state index is -0.485. The summed E-state index contributed by atoms with van der Waals surface area (Å²) in [4.78, 5) is 4.49. The highest BCUT2D eigenvalue weighted by Gasteiger charge is 2.19. The second-order valence-electron chi connectivity index (χ2n) is 6.42. The summed E-state index contributed by atoms with van der Waals surface area (Å²) in [7, 11) is 0. The second-order valence-corrected chi connectivity index (χ2v) is 6.42. The topological polar surface area (TPSA) is 35.9 Å². The Morgan fingerprint density at radius 3 is 2.32 bits per heavy atom. The van der Waals surface area contributed by atoms with Crippen molar-refractivity contribution in [1.82, 2.24) is 4.90 Å². The van der Waals surface area contributed by atoms with E-state index in [9.17, 15) is 9.50 Å². The third-order valence-electron chi connectivity index (χ3n) is 4.45. The summed E-state index contributed by atoms with van der Waals surface area (Å²) in [6.45, 7) is 5.00. The van der Waals surface area contributed by atoms with E-state index in [0.717, 1.165) is 37.4 Å². The first-order valence-corrected chi connectivity index (χ1v) is 8.73. The van der Waals surface area contributed by atoms with Crippen LogP contribution in [0.3, 0.4) is 0 Å². The van der Waals surface area contributed by atoms with Crippen LogP contribution < -0.4 is 4.90 Å². The van der Waals surface area contributed by atoms with Crippen molar-refractivity contribution in [1.29, 1.82) is 0 Å². The number of ether oxygens (including phenoxy) is 1. The fourth-order valence-corrected chi connectivity index (χ4v) is 3.08. The maximum Gasteiger partial charge on any atom is 0.123 e. The van der Waals surface area contributed by atoms with Crippen LogP contribution in [0, 0.1) is 5.82 Å². The number of hydrogen-bond donors (Lipinski definition) is 1. The van der Waals surface area contributed by atoms with Gasteiger partial charge in [-0.15, -0.1) is 0 Å². The van der Waals surface area contributed by atoms with Gasteiger partial charge in [0.25, 0.3) is 0 Å². The molecular formula is C20H25FN2O2. The molecule has 0 amide bonds. The van der Waals surface area contributed by atoms with Gasteiger partial charge in [-0.2, -0.15) is 0 Å².